The Morgan fingerprint density at radius 3 is 2.72 bits per heavy atom. The molecule has 1 heterocycles. The van der Waals surface area contributed by atoms with E-state index in [9.17, 15) is 9.59 Å². The van der Waals surface area contributed by atoms with Crippen molar-refractivity contribution in [3.63, 3.8) is 0 Å². The Morgan fingerprint density at radius 2 is 2.08 bits per heavy atom. The predicted octanol–water partition coefficient (Wildman–Crippen LogP) is 2.63. The molecule has 3 rings (SSSR count). The van der Waals surface area contributed by atoms with E-state index in [-0.39, 0.29) is 17.9 Å². The average Bonchev–Trinajstić information content (AvgIpc) is 3.25. The molecule has 0 unspecified atom stereocenters. The molecule has 25 heavy (non-hydrogen) atoms. The van der Waals surface area contributed by atoms with Crippen LogP contribution >= 0.6 is 0 Å². The van der Waals surface area contributed by atoms with E-state index in [2.05, 4.69) is 5.32 Å². The standard InChI is InChI=1S/C20H28N2O3/c1-15(14-22-12-6-9-18(22)23)21-19(24)20(10-3-4-11-20)16-7-5-8-17(13-16)25-2/h5,7-8,13,15H,3-4,6,9-12,14H2,1-2H3,(H,21,24)/t15-/m1/s1. The lowest BCUT2D eigenvalue weighted by molar-refractivity contribution is -0.130. The molecule has 2 aliphatic rings. The molecule has 1 saturated carbocycles. The lowest BCUT2D eigenvalue weighted by Crippen LogP contribution is -2.49. The third-order valence-electron chi connectivity index (χ3n) is 5.56. The van der Waals surface area contributed by atoms with Gasteiger partial charge in [0, 0.05) is 25.6 Å². The van der Waals surface area contributed by atoms with Crippen molar-refractivity contribution in [1.82, 2.24) is 10.2 Å². The Kier molecular flexibility index (Phi) is 5.30. The van der Waals surface area contributed by atoms with Crippen LogP contribution in [0.4, 0.5) is 0 Å². The first-order chi connectivity index (χ1) is 12.0. The molecule has 5 heteroatoms. The summed E-state index contributed by atoms with van der Waals surface area (Å²) in [4.78, 5) is 26.8. The van der Waals surface area contributed by atoms with E-state index in [0.29, 0.717) is 13.0 Å². The first kappa shape index (κ1) is 17.8. The van der Waals surface area contributed by atoms with Crippen molar-refractivity contribution in [1.29, 1.82) is 0 Å². The summed E-state index contributed by atoms with van der Waals surface area (Å²) in [6.45, 7) is 3.39. The van der Waals surface area contributed by atoms with Gasteiger partial charge >= 0.3 is 0 Å². The highest BCUT2D eigenvalue weighted by Crippen LogP contribution is 2.42. The summed E-state index contributed by atoms with van der Waals surface area (Å²) < 4.78 is 5.34. The van der Waals surface area contributed by atoms with Crippen LogP contribution in [0.1, 0.15) is 51.0 Å². The molecule has 2 fully saturated rings. The molecule has 1 aliphatic heterocycles. The van der Waals surface area contributed by atoms with Crippen molar-refractivity contribution >= 4 is 11.8 Å². The van der Waals surface area contributed by atoms with Crippen molar-refractivity contribution in [2.45, 2.75) is 56.9 Å². The molecule has 0 bridgehead atoms. The highest BCUT2D eigenvalue weighted by atomic mass is 16.5. The molecule has 136 valence electrons. The lowest BCUT2D eigenvalue weighted by atomic mass is 9.77. The lowest BCUT2D eigenvalue weighted by Gasteiger charge is -2.31. The number of likely N-dealkylation sites (tertiary alicyclic amines) is 1. The molecular formula is C20H28N2O3. The summed E-state index contributed by atoms with van der Waals surface area (Å²) in [5, 5.41) is 3.17. The van der Waals surface area contributed by atoms with Crippen LogP contribution in [-0.2, 0) is 15.0 Å². The summed E-state index contributed by atoms with van der Waals surface area (Å²) in [6, 6.07) is 7.83. The molecule has 2 amide bonds. The van der Waals surface area contributed by atoms with Crippen LogP contribution < -0.4 is 10.1 Å². The SMILES string of the molecule is COc1cccc(C2(C(=O)N[C@H](C)CN3CCCC3=O)CCCC2)c1. The van der Waals surface area contributed by atoms with Crippen LogP contribution in [0.15, 0.2) is 24.3 Å². The van der Waals surface area contributed by atoms with Crippen LogP contribution in [0.2, 0.25) is 0 Å². The molecule has 1 saturated heterocycles. The van der Waals surface area contributed by atoms with Gasteiger partial charge in [-0.05, 0) is 43.9 Å². The smallest absolute Gasteiger partial charge is 0.230 e. The number of methoxy groups -OCH3 is 1. The third-order valence-corrected chi connectivity index (χ3v) is 5.56. The van der Waals surface area contributed by atoms with Gasteiger partial charge in [0.05, 0.1) is 12.5 Å². The highest BCUT2D eigenvalue weighted by molar-refractivity contribution is 5.89. The fourth-order valence-corrected chi connectivity index (χ4v) is 4.18. The zero-order valence-electron chi connectivity index (χ0n) is 15.2. The van der Waals surface area contributed by atoms with E-state index < -0.39 is 5.41 Å². The van der Waals surface area contributed by atoms with Gasteiger partial charge in [-0.3, -0.25) is 9.59 Å². The minimum Gasteiger partial charge on any atom is -0.497 e. The minimum atomic E-state index is -0.474. The molecule has 0 aromatic heterocycles. The monoisotopic (exact) mass is 344 g/mol. The van der Waals surface area contributed by atoms with Gasteiger partial charge in [0.2, 0.25) is 11.8 Å². The second-order valence-corrected chi connectivity index (χ2v) is 7.34. The van der Waals surface area contributed by atoms with E-state index in [4.69, 9.17) is 4.74 Å². The maximum Gasteiger partial charge on any atom is 0.230 e. The van der Waals surface area contributed by atoms with Crippen LogP contribution in [-0.4, -0.2) is 43.0 Å². The molecule has 1 atom stereocenters. The summed E-state index contributed by atoms with van der Waals surface area (Å²) in [5.74, 6) is 1.06. The molecule has 1 aliphatic carbocycles. The van der Waals surface area contributed by atoms with Gasteiger partial charge in [-0.2, -0.15) is 0 Å². The number of nitrogens with zero attached hydrogens (tertiary/aromatic N) is 1. The number of nitrogens with one attached hydrogen (secondary N) is 1. The van der Waals surface area contributed by atoms with Gasteiger partial charge in [0.15, 0.2) is 0 Å². The topological polar surface area (TPSA) is 58.6 Å². The van der Waals surface area contributed by atoms with E-state index in [0.717, 1.165) is 50.0 Å². The summed E-state index contributed by atoms with van der Waals surface area (Å²) in [7, 11) is 1.65. The average molecular weight is 344 g/mol. The van der Waals surface area contributed by atoms with Gasteiger partial charge in [-0.15, -0.1) is 0 Å². The van der Waals surface area contributed by atoms with Crippen LogP contribution in [0.3, 0.4) is 0 Å². The van der Waals surface area contributed by atoms with Crippen molar-refractivity contribution in [3.05, 3.63) is 29.8 Å². The number of carbonyl (C=O) groups excluding carboxylic acids is 2. The Hall–Kier alpha value is -2.04. The van der Waals surface area contributed by atoms with Gasteiger partial charge in [0.25, 0.3) is 0 Å². The zero-order chi connectivity index (χ0) is 17.9. The van der Waals surface area contributed by atoms with Crippen molar-refractivity contribution in [3.8, 4) is 5.75 Å². The first-order valence-electron chi connectivity index (χ1n) is 9.28. The van der Waals surface area contributed by atoms with Crippen LogP contribution in [0, 0.1) is 0 Å². The number of amides is 2. The maximum absolute atomic E-state index is 13.2. The third kappa shape index (κ3) is 3.65. The van der Waals surface area contributed by atoms with Gasteiger partial charge in [-0.25, -0.2) is 0 Å². The molecular weight excluding hydrogens is 316 g/mol. The van der Waals surface area contributed by atoms with E-state index in [1.54, 1.807) is 7.11 Å². The second-order valence-electron chi connectivity index (χ2n) is 7.34. The molecule has 1 N–H and O–H groups in total. The Balaban J connectivity index is 1.73. The Bertz CT molecular complexity index is 638. The molecule has 1 aromatic rings. The highest BCUT2D eigenvalue weighted by Gasteiger charge is 2.43. The first-order valence-corrected chi connectivity index (χ1v) is 9.28. The molecule has 5 nitrogen and oxygen atoms in total. The summed E-state index contributed by atoms with van der Waals surface area (Å²) >= 11 is 0. The number of benzene rings is 1. The van der Waals surface area contributed by atoms with Gasteiger partial charge in [0.1, 0.15) is 5.75 Å². The van der Waals surface area contributed by atoms with Crippen molar-refractivity contribution in [2.75, 3.05) is 20.2 Å². The summed E-state index contributed by atoms with van der Waals surface area (Å²) in [5.41, 5.74) is 0.559. The minimum absolute atomic E-state index is 0.0439. The molecule has 1 aromatic carbocycles. The van der Waals surface area contributed by atoms with Crippen LogP contribution in [0.5, 0.6) is 5.75 Å². The van der Waals surface area contributed by atoms with Crippen molar-refractivity contribution in [2.24, 2.45) is 0 Å². The van der Waals surface area contributed by atoms with E-state index in [1.807, 2.05) is 36.1 Å². The Morgan fingerprint density at radius 1 is 1.32 bits per heavy atom. The number of rotatable bonds is 6. The molecule has 0 spiro atoms. The van der Waals surface area contributed by atoms with Gasteiger partial charge < -0.3 is 15.0 Å². The normalized spacial score (nSPS) is 20.6. The van der Waals surface area contributed by atoms with Crippen LogP contribution in [0.25, 0.3) is 0 Å². The number of ether oxygens (including phenoxy) is 1. The number of hydrogen-bond donors (Lipinski definition) is 1. The zero-order valence-corrected chi connectivity index (χ0v) is 15.2. The summed E-state index contributed by atoms with van der Waals surface area (Å²) in [6.07, 6.45) is 5.40. The maximum atomic E-state index is 13.2. The number of carbonyl (C=O) groups is 2. The quantitative estimate of drug-likeness (QED) is 0.863. The Labute approximate surface area is 149 Å². The molecule has 0 radical (unpaired) electrons. The largest absolute Gasteiger partial charge is 0.497 e. The van der Waals surface area contributed by atoms with Crippen molar-refractivity contribution < 1.29 is 14.3 Å². The fraction of sp³-hybridized carbons (Fsp3) is 0.600. The van der Waals surface area contributed by atoms with E-state index in [1.165, 1.54) is 0 Å². The second kappa shape index (κ2) is 7.46. The number of hydrogen-bond acceptors (Lipinski definition) is 3. The van der Waals surface area contributed by atoms with Gasteiger partial charge in [-0.1, -0.05) is 25.0 Å². The fourth-order valence-electron chi connectivity index (χ4n) is 4.18. The predicted molar refractivity (Wildman–Crippen MR) is 96.6 cm³/mol. The van der Waals surface area contributed by atoms with E-state index >= 15 is 0 Å².